The number of rotatable bonds is 0. The van der Waals surface area contributed by atoms with Crippen LogP contribution in [0.1, 0.15) is 46.9 Å². The average molecular weight is 435 g/mol. The van der Waals surface area contributed by atoms with Gasteiger partial charge in [-0.25, -0.2) is 4.90 Å². The van der Waals surface area contributed by atoms with Gasteiger partial charge in [0.2, 0.25) is 5.91 Å². The van der Waals surface area contributed by atoms with Crippen molar-refractivity contribution >= 4 is 61.3 Å². The van der Waals surface area contributed by atoms with E-state index in [1.165, 1.54) is 26.2 Å². The van der Waals surface area contributed by atoms with Gasteiger partial charge in [0.25, 0.3) is 11.8 Å². The zero-order chi connectivity index (χ0) is 22.7. The van der Waals surface area contributed by atoms with Crippen molar-refractivity contribution in [3.8, 4) is 0 Å². The number of fused-ring (bicyclic) bond motifs is 10. The first kappa shape index (κ1) is 19.5. The van der Waals surface area contributed by atoms with Crippen LogP contribution in [0.15, 0.2) is 60.7 Å². The third-order valence-corrected chi connectivity index (χ3v) is 6.47. The number of carbonyl (C=O) groups is 3. The van der Waals surface area contributed by atoms with Crippen molar-refractivity contribution in [3.63, 3.8) is 0 Å². The van der Waals surface area contributed by atoms with E-state index in [-0.39, 0.29) is 0 Å². The zero-order valence-electron chi connectivity index (χ0n) is 18.1. The van der Waals surface area contributed by atoms with Crippen molar-refractivity contribution in [2.24, 2.45) is 0 Å². The molecule has 6 nitrogen and oxygen atoms in total. The van der Waals surface area contributed by atoms with E-state index in [0.29, 0.717) is 21.9 Å². The fourth-order valence-electron chi connectivity index (χ4n) is 5.05. The third-order valence-electron chi connectivity index (χ3n) is 6.47. The summed E-state index contributed by atoms with van der Waals surface area (Å²) in [6, 6.07) is 15.3. The molecule has 1 aliphatic heterocycles. The molecule has 5 aromatic rings. The van der Waals surface area contributed by atoms with Gasteiger partial charge in [0.15, 0.2) is 0 Å². The van der Waals surface area contributed by atoms with Crippen molar-refractivity contribution in [1.29, 1.82) is 0 Å². The smallest absolute Gasteiger partial charge is 0.269 e. The number of aromatic nitrogens is 2. The lowest BCUT2D eigenvalue weighted by atomic mass is 9.97. The van der Waals surface area contributed by atoms with Gasteiger partial charge in [-0.1, -0.05) is 48.6 Å². The monoisotopic (exact) mass is 435 g/mol. The molecule has 3 heterocycles. The first-order valence-corrected chi connectivity index (χ1v) is 11.1. The fraction of sp³-hybridized carbons (Fsp3) is 0.148. The molecule has 0 bridgehead atoms. The number of carbonyl (C=O) groups excluding carboxylic acids is 3. The summed E-state index contributed by atoms with van der Waals surface area (Å²) in [5, 5.41) is 3.04. The number of benzene rings is 3. The standard InChI is InChI=1S/C22H13N3O3.C5H8/c1-10(26)25-21(27)17-15-11-6-2-4-8-13(11)23-19(15)20-16(18(17)22(25)28)12-7-3-5-9-14(12)24-20;1-2-4-5-3-1/h2-9,23-24H,1H3;1-2H,3-5H2. The van der Waals surface area contributed by atoms with E-state index in [9.17, 15) is 14.4 Å². The summed E-state index contributed by atoms with van der Waals surface area (Å²) in [6.07, 6.45) is 8.50. The molecule has 6 heteroatoms. The third kappa shape index (κ3) is 2.70. The molecule has 0 saturated carbocycles. The van der Waals surface area contributed by atoms with E-state index in [2.05, 4.69) is 22.1 Å². The van der Waals surface area contributed by atoms with E-state index >= 15 is 0 Å². The van der Waals surface area contributed by atoms with E-state index in [4.69, 9.17) is 0 Å². The Kier molecular flexibility index (Phi) is 4.23. The number of allylic oxidation sites excluding steroid dienone is 2. The molecule has 0 unspecified atom stereocenters. The number of para-hydroxylation sites is 2. The van der Waals surface area contributed by atoms with Crippen LogP contribution in [0.5, 0.6) is 0 Å². The van der Waals surface area contributed by atoms with Gasteiger partial charge in [-0.3, -0.25) is 14.4 Å². The van der Waals surface area contributed by atoms with Crippen LogP contribution in [-0.4, -0.2) is 32.6 Å². The van der Waals surface area contributed by atoms with Gasteiger partial charge < -0.3 is 9.97 Å². The summed E-state index contributed by atoms with van der Waals surface area (Å²) in [7, 11) is 0. The maximum absolute atomic E-state index is 13.2. The predicted molar refractivity (Wildman–Crippen MR) is 129 cm³/mol. The molecule has 3 amide bonds. The molecule has 33 heavy (non-hydrogen) atoms. The quantitative estimate of drug-likeness (QED) is 0.237. The number of amides is 3. The van der Waals surface area contributed by atoms with E-state index < -0.39 is 17.7 Å². The molecule has 1 aliphatic carbocycles. The summed E-state index contributed by atoms with van der Waals surface area (Å²) >= 11 is 0. The Hall–Kier alpha value is -4.19. The fourth-order valence-corrected chi connectivity index (χ4v) is 5.05. The first-order chi connectivity index (χ1) is 16.1. The van der Waals surface area contributed by atoms with Crippen molar-refractivity contribution in [1.82, 2.24) is 14.9 Å². The van der Waals surface area contributed by atoms with Crippen LogP contribution in [0.2, 0.25) is 0 Å². The molecular formula is C27H21N3O3. The summed E-state index contributed by atoms with van der Waals surface area (Å²) in [6.45, 7) is 1.24. The summed E-state index contributed by atoms with van der Waals surface area (Å²) in [4.78, 5) is 45.9. The number of nitrogens with zero attached hydrogens (tertiary/aromatic N) is 1. The SMILES string of the molecule is C1=CCCC1.CC(=O)N1C(=O)c2c(c3c4ccccc4[nH]c3c3[nH]c4ccccc4c23)C1=O. The lowest BCUT2D eigenvalue weighted by Gasteiger charge is -2.07. The topological polar surface area (TPSA) is 86.0 Å². The number of aromatic amines is 2. The van der Waals surface area contributed by atoms with Crippen LogP contribution in [-0.2, 0) is 4.79 Å². The highest BCUT2D eigenvalue weighted by Gasteiger charge is 2.42. The number of H-pyrrole nitrogens is 2. The van der Waals surface area contributed by atoms with Crippen molar-refractivity contribution in [3.05, 3.63) is 71.8 Å². The van der Waals surface area contributed by atoms with Crippen LogP contribution in [0.4, 0.5) is 0 Å². The molecule has 7 rings (SSSR count). The van der Waals surface area contributed by atoms with Gasteiger partial charge in [-0.2, -0.15) is 0 Å². The molecule has 3 aromatic carbocycles. The first-order valence-electron chi connectivity index (χ1n) is 11.1. The molecule has 0 fully saturated rings. The Morgan fingerprint density at radius 3 is 1.61 bits per heavy atom. The summed E-state index contributed by atoms with van der Waals surface area (Å²) in [5.41, 5.74) is 3.85. The zero-order valence-corrected chi connectivity index (χ0v) is 18.1. The van der Waals surface area contributed by atoms with E-state index in [0.717, 1.165) is 37.7 Å². The molecule has 0 spiro atoms. The van der Waals surface area contributed by atoms with Crippen LogP contribution in [0.25, 0.3) is 43.6 Å². The minimum Gasteiger partial charge on any atom is -0.353 e. The minimum atomic E-state index is -0.577. The second kappa shape index (κ2) is 7.17. The Labute approximate surface area is 188 Å². The molecule has 2 aromatic heterocycles. The molecular weight excluding hydrogens is 414 g/mol. The Bertz CT molecular complexity index is 1550. The Morgan fingerprint density at radius 2 is 1.21 bits per heavy atom. The minimum absolute atomic E-state index is 0.296. The van der Waals surface area contributed by atoms with Gasteiger partial charge in [-0.05, 0) is 31.4 Å². The number of nitrogens with one attached hydrogen (secondary N) is 2. The van der Waals surface area contributed by atoms with Crippen molar-refractivity contribution in [2.75, 3.05) is 0 Å². The van der Waals surface area contributed by atoms with Gasteiger partial charge in [0.05, 0.1) is 22.2 Å². The number of hydrogen-bond donors (Lipinski definition) is 2. The molecule has 2 N–H and O–H groups in total. The highest BCUT2D eigenvalue weighted by molar-refractivity contribution is 6.41. The number of imide groups is 3. The Morgan fingerprint density at radius 1 is 0.758 bits per heavy atom. The average Bonchev–Trinajstić information content (AvgIpc) is 3.59. The van der Waals surface area contributed by atoms with Crippen LogP contribution in [0.3, 0.4) is 0 Å². The second-order valence-corrected chi connectivity index (χ2v) is 8.46. The molecule has 0 saturated heterocycles. The molecule has 0 atom stereocenters. The van der Waals surface area contributed by atoms with Gasteiger partial charge >= 0.3 is 0 Å². The lowest BCUT2D eigenvalue weighted by molar-refractivity contribution is -0.124. The maximum atomic E-state index is 13.2. The van der Waals surface area contributed by atoms with E-state index in [1.807, 2.05) is 48.5 Å². The van der Waals surface area contributed by atoms with Gasteiger partial charge in [0, 0.05) is 39.5 Å². The number of hydrogen-bond acceptors (Lipinski definition) is 3. The van der Waals surface area contributed by atoms with Crippen LogP contribution >= 0.6 is 0 Å². The predicted octanol–water partition coefficient (Wildman–Crippen LogP) is 5.82. The van der Waals surface area contributed by atoms with Crippen molar-refractivity contribution in [2.45, 2.75) is 26.2 Å². The van der Waals surface area contributed by atoms with Crippen LogP contribution in [0, 0.1) is 0 Å². The maximum Gasteiger partial charge on any atom is 0.269 e. The second-order valence-electron chi connectivity index (χ2n) is 8.46. The Balaban J connectivity index is 0.000000368. The van der Waals surface area contributed by atoms with E-state index in [1.54, 1.807) is 0 Å². The summed E-state index contributed by atoms with van der Waals surface area (Å²) < 4.78 is 0. The normalized spacial score (nSPS) is 15.1. The molecule has 162 valence electrons. The largest absolute Gasteiger partial charge is 0.353 e. The van der Waals surface area contributed by atoms with Crippen molar-refractivity contribution < 1.29 is 14.4 Å². The highest BCUT2D eigenvalue weighted by atomic mass is 16.2. The summed E-state index contributed by atoms with van der Waals surface area (Å²) in [5.74, 6) is -1.70. The molecule has 0 radical (unpaired) electrons. The highest BCUT2D eigenvalue weighted by Crippen LogP contribution is 2.43. The van der Waals surface area contributed by atoms with Crippen LogP contribution < -0.4 is 0 Å². The van der Waals surface area contributed by atoms with Gasteiger partial charge in [0.1, 0.15) is 0 Å². The molecule has 2 aliphatic rings. The lowest BCUT2D eigenvalue weighted by Crippen LogP contribution is -2.34. The van der Waals surface area contributed by atoms with Gasteiger partial charge in [-0.15, -0.1) is 0 Å².